The molecule has 1 aromatic heterocycles. The lowest BCUT2D eigenvalue weighted by molar-refractivity contribution is -0.141. The van der Waals surface area contributed by atoms with Gasteiger partial charge >= 0.3 is 6.18 Å². The first-order chi connectivity index (χ1) is 9.87. The Balaban J connectivity index is 2.98. The molecule has 3 N–H and O–H groups in total. The number of carbonyl (C=O) groups is 1. The van der Waals surface area contributed by atoms with Crippen LogP contribution in [-0.4, -0.2) is 53.3 Å². The molecule has 21 heavy (non-hydrogen) atoms. The molecule has 1 heterocycles. The molecule has 114 valence electrons. The van der Waals surface area contributed by atoms with Crippen LogP contribution >= 0.6 is 0 Å². The van der Waals surface area contributed by atoms with Crippen LogP contribution in [0.1, 0.15) is 15.9 Å². The van der Waals surface area contributed by atoms with Crippen LogP contribution in [0.3, 0.4) is 0 Å². The van der Waals surface area contributed by atoms with E-state index in [4.69, 9.17) is 10.8 Å². The van der Waals surface area contributed by atoms with Crippen molar-refractivity contribution in [1.29, 1.82) is 0 Å². The Labute approximate surface area is 119 Å². The monoisotopic (exact) mass is 301 g/mol. The summed E-state index contributed by atoms with van der Waals surface area (Å²) in [7, 11) is 0. The summed E-state index contributed by atoms with van der Waals surface area (Å²) < 4.78 is 37.3. The Kier molecular flexibility index (Phi) is 6.14. The Morgan fingerprint density at radius 2 is 2.14 bits per heavy atom. The van der Waals surface area contributed by atoms with E-state index in [1.165, 1.54) is 12.3 Å². The van der Waals surface area contributed by atoms with Gasteiger partial charge in [0.25, 0.3) is 5.91 Å². The van der Waals surface area contributed by atoms with E-state index in [1.807, 2.05) is 0 Å². The molecule has 5 nitrogen and oxygen atoms in total. The molecule has 0 bridgehead atoms. The fourth-order valence-corrected chi connectivity index (χ4v) is 1.55. The van der Waals surface area contributed by atoms with Crippen molar-refractivity contribution >= 4 is 5.91 Å². The van der Waals surface area contributed by atoms with Crippen molar-refractivity contribution in [1.82, 2.24) is 9.88 Å². The third-order valence-corrected chi connectivity index (χ3v) is 2.35. The molecule has 0 aliphatic carbocycles. The number of aromatic nitrogens is 1. The summed E-state index contributed by atoms with van der Waals surface area (Å²) in [6.45, 7) is -2.31. The summed E-state index contributed by atoms with van der Waals surface area (Å²) in [6.07, 6.45) is -2.02. The number of hydrogen-bond donors (Lipinski definition) is 2. The molecule has 0 saturated carbocycles. The van der Waals surface area contributed by atoms with E-state index in [0.29, 0.717) is 10.5 Å². The predicted molar refractivity (Wildman–Crippen MR) is 69.2 cm³/mol. The highest BCUT2D eigenvalue weighted by molar-refractivity contribution is 5.94. The van der Waals surface area contributed by atoms with Crippen LogP contribution in [0.5, 0.6) is 0 Å². The molecule has 0 spiro atoms. The summed E-state index contributed by atoms with van der Waals surface area (Å²) >= 11 is 0. The SMILES string of the molecule is NCC#Cc1cncc(C(=O)N(CCO)CC(F)(F)F)c1. The minimum atomic E-state index is -4.55. The molecule has 0 radical (unpaired) electrons. The number of aliphatic hydroxyl groups excluding tert-OH is 1. The van der Waals surface area contributed by atoms with Gasteiger partial charge in [0.1, 0.15) is 6.54 Å². The summed E-state index contributed by atoms with van der Waals surface area (Å²) in [4.78, 5) is 16.3. The quantitative estimate of drug-likeness (QED) is 0.789. The minimum Gasteiger partial charge on any atom is -0.395 e. The summed E-state index contributed by atoms with van der Waals surface area (Å²) in [5, 5.41) is 8.79. The van der Waals surface area contributed by atoms with Crippen molar-refractivity contribution in [3.63, 3.8) is 0 Å². The molecule has 0 aliphatic rings. The maximum absolute atomic E-state index is 12.4. The van der Waals surface area contributed by atoms with Crippen LogP contribution in [0.15, 0.2) is 18.5 Å². The van der Waals surface area contributed by atoms with Gasteiger partial charge in [0.15, 0.2) is 0 Å². The number of pyridine rings is 1. The van der Waals surface area contributed by atoms with Gasteiger partial charge in [0, 0.05) is 24.5 Å². The molecule has 1 aromatic rings. The van der Waals surface area contributed by atoms with E-state index >= 15 is 0 Å². The molecular formula is C13H14F3N3O2. The molecule has 8 heteroatoms. The lowest BCUT2D eigenvalue weighted by Crippen LogP contribution is -2.40. The van der Waals surface area contributed by atoms with E-state index in [0.717, 1.165) is 6.20 Å². The number of alkyl halides is 3. The van der Waals surface area contributed by atoms with Gasteiger partial charge in [-0.3, -0.25) is 9.78 Å². The van der Waals surface area contributed by atoms with Crippen molar-refractivity contribution in [3.8, 4) is 11.8 Å². The zero-order valence-electron chi connectivity index (χ0n) is 11.0. The summed E-state index contributed by atoms with van der Waals surface area (Å²) in [5.74, 6) is 4.32. The number of aliphatic hydroxyl groups is 1. The maximum Gasteiger partial charge on any atom is 0.406 e. The van der Waals surface area contributed by atoms with Crippen molar-refractivity contribution in [2.45, 2.75) is 6.18 Å². The van der Waals surface area contributed by atoms with Gasteiger partial charge in [0.05, 0.1) is 18.7 Å². The van der Waals surface area contributed by atoms with Crippen LogP contribution in [0.2, 0.25) is 0 Å². The van der Waals surface area contributed by atoms with E-state index in [1.54, 1.807) is 0 Å². The Bertz CT molecular complexity index is 550. The predicted octanol–water partition coefficient (Wildman–Crippen LogP) is 0.389. The maximum atomic E-state index is 12.4. The van der Waals surface area contributed by atoms with Gasteiger partial charge in [-0.25, -0.2) is 0 Å². The molecule has 0 aromatic carbocycles. The molecule has 0 fully saturated rings. The minimum absolute atomic E-state index is 0.0310. The third kappa shape index (κ3) is 5.81. The first-order valence-corrected chi connectivity index (χ1v) is 5.98. The van der Waals surface area contributed by atoms with Crippen molar-refractivity contribution in [3.05, 3.63) is 29.6 Å². The normalized spacial score (nSPS) is 10.7. The van der Waals surface area contributed by atoms with Crippen LogP contribution < -0.4 is 5.73 Å². The zero-order chi connectivity index (χ0) is 15.9. The third-order valence-electron chi connectivity index (χ3n) is 2.35. The number of carbonyl (C=O) groups excluding carboxylic acids is 1. The highest BCUT2D eigenvalue weighted by Crippen LogP contribution is 2.18. The van der Waals surface area contributed by atoms with Crippen LogP contribution in [0, 0.1) is 11.8 Å². The number of hydrogen-bond acceptors (Lipinski definition) is 4. The average molecular weight is 301 g/mol. The molecule has 1 rings (SSSR count). The van der Waals surface area contributed by atoms with E-state index in [2.05, 4.69) is 16.8 Å². The van der Waals surface area contributed by atoms with Crippen LogP contribution in [0.4, 0.5) is 13.2 Å². The highest BCUT2D eigenvalue weighted by Gasteiger charge is 2.33. The largest absolute Gasteiger partial charge is 0.406 e. The second-order valence-electron chi connectivity index (χ2n) is 4.03. The number of halogens is 3. The number of nitrogens with two attached hydrogens (primary N) is 1. The summed E-state index contributed by atoms with van der Waals surface area (Å²) in [6, 6.07) is 1.33. The molecule has 1 amide bonds. The second-order valence-corrected chi connectivity index (χ2v) is 4.03. The summed E-state index contributed by atoms with van der Waals surface area (Å²) in [5.41, 5.74) is 5.56. The average Bonchev–Trinajstić information content (AvgIpc) is 2.43. The lowest BCUT2D eigenvalue weighted by atomic mass is 10.2. The number of nitrogens with zero attached hydrogens (tertiary/aromatic N) is 2. The molecule has 0 aliphatic heterocycles. The zero-order valence-corrected chi connectivity index (χ0v) is 11.0. The van der Waals surface area contributed by atoms with Crippen LogP contribution in [-0.2, 0) is 0 Å². The van der Waals surface area contributed by atoms with Gasteiger partial charge in [-0.05, 0) is 6.07 Å². The van der Waals surface area contributed by atoms with E-state index in [9.17, 15) is 18.0 Å². The second kappa shape index (κ2) is 7.61. The van der Waals surface area contributed by atoms with E-state index in [-0.39, 0.29) is 12.1 Å². The first-order valence-electron chi connectivity index (χ1n) is 5.98. The van der Waals surface area contributed by atoms with E-state index < -0.39 is 31.8 Å². The first kappa shape index (κ1) is 16.9. The molecule has 0 unspecified atom stereocenters. The standard InChI is InChI=1S/C13H14F3N3O2/c14-13(15,16)9-19(4-5-20)12(21)11-6-10(2-1-3-17)7-18-8-11/h6-8,20H,3-5,9,17H2. The Hall–Kier alpha value is -2.11. The molecule has 0 atom stereocenters. The fraction of sp³-hybridized carbons (Fsp3) is 0.385. The smallest absolute Gasteiger partial charge is 0.395 e. The Morgan fingerprint density at radius 1 is 1.43 bits per heavy atom. The van der Waals surface area contributed by atoms with Gasteiger partial charge in [0.2, 0.25) is 0 Å². The van der Waals surface area contributed by atoms with Crippen molar-refractivity contribution in [2.24, 2.45) is 5.73 Å². The number of rotatable bonds is 4. The van der Waals surface area contributed by atoms with Crippen molar-refractivity contribution < 1.29 is 23.1 Å². The lowest BCUT2D eigenvalue weighted by Gasteiger charge is -2.23. The Morgan fingerprint density at radius 3 is 2.71 bits per heavy atom. The van der Waals surface area contributed by atoms with Gasteiger partial charge < -0.3 is 15.7 Å². The van der Waals surface area contributed by atoms with Gasteiger partial charge in [-0.1, -0.05) is 11.8 Å². The van der Waals surface area contributed by atoms with Crippen molar-refractivity contribution in [2.75, 3.05) is 26.2 Å². The highest BCUT2D eigenvalue weighted by atomic mass is 19.4. The molecular weight excluding hydrogens is 287 g/mol. The molecule has 0 saturated heterocycles. The fourth-order valence-electron chi connectivity index (χ4n) is 1.55. The number of amides is 1. The van der Waals surface area contributed by atoms with Gasteiger partial charge in [-0.2, -0.15) is 13.2 Å². The van der Waals surface area contributed by atoms with Gasteiger partial charge in [-0.15, -0.1) is 0 Å². The van der Waals surface area contributed by atoms with Crippen LogP contribution in [0.25, 0.3) is 0 Å². The topological polar surface area (TPSA) is 79.5 Å².